The highest BCUT2D eigenvalue weighted by atomic mass is 15.1. The Balaban J connectivity index is 1.04. The quantitative estimate of drug-likeness (QED) is 0.134. The molecule has 0 spiro atoms. The molecule has 1 nitrogen and oxygen atoms in total. The fraction of sp³-hybridized carbons (Fsp3) is 0.0690. The van der Waals surface area contributed by atoms with Crippen molar-refractivity contribution in [3.63, 3.8) is 0 Å². The van der Waals surface area contributed by atoms with Gasteiger partial charge in [-0.2, -0.15) is 0 Å². The van der Waals surface area contributed by atoms with Gasteiger partial charge < -0.3 is 4.90 Å². The number of nitrogens with zero attached hydrogens (tertiary/aromatic N) is 1. The molecule has 0 aliphatic rings. The van der Waals surface area contributed by atoms with Crippen molar-refractivity contribution in [1.29, 1.82) is 0 Å². The van der Waals surface area contributed by atoms with Gasteiger partial charge in [0.2, 0.25) is 0 Å². The third-order valence-electron chi connectivity index (χ3n) is 11.7. The van der Waals surface area contributed by atoms with Gasteiger partial charge in [0.15, 0.2) is 0 Å². The zero-order valence-electron chi connectivity index (χ0n) is 33.9. The first kappa shape index (κ1) is 37.4. The summed E-state index contributed by atoms with van der Waals surface area (Å²) in [5, 5.41) is 0. The second-order valence-corrected chi connectivity index (χ2v) is 15.5. The molecule has 0 fully saturated rings. The van der Waals surface area contributed by atoms with Crippen LogP contribution in [0.3, 0.4) is 0 Å². The van der Waals surface area contributed by atoms with E-state index in [2.05, 4.69) is 244 Å². The number of hydrogen-bond donors (Lipinski definition) is 0. The van der Waals surface area contributed by atoms with Gasteiger partial charge in [-0.3, -0.25) is 0 Å². The Morgan fingerprint density at radius 3 is 1.34 bits per heavy atom. The van der Waals surface area contributed by atoms with Crippen molar-refractivity contribution in [3.05, 3.63) is 246 Å². The van der Waals surface area contributed by atoms with Crippen LogP contribution in [-0.2, 0) is 6.42 Å². The van der Waals surface area contributed by atoms with E-state index in [9.17, 15) is 0 Å². The Morgan fingerprint density at radius 2 is 0.729 bits per heavy atom. The molecule has 284 valence electrons. The summed E-state index contributed by atoms with van der Waals surface area (Å²) in [6.07, 6.45) is 0.870. The molecule has 0 aliphatic carbocycles. The molecule has 0 heterocycles. The van der Waals surface area contributed by atoms with Crippen molar-refractivity contribution in [2.24, 2.45) is 0 Å². The minimum atomic E-state index is 0.870. The van der Waals surface area contributed by atoms with Crippen LogP contribution in [0.5, 0.6) is 0 Å². The van der Waals surface area contributed by atoms with Gasteiger partial charge in [0, 0.05) is 17.1 Å². The number of aryl methyl sites for hydroxylation is 2. The summed E-state index contributed by atoms with van der Waals surface area (Å²) in [5.41, 5.74) is 22.3. The lowest BCUT2D eigenvalue weighted by molar-refractivity contribution is 1.19. The van der Waals surface area contributed by atoms with Crippen molar-refractivity contribution < 1.29 is 0 Å². The van der Waals surface area contributed by atoms with Gasteiger partial charge in [0.25, 0.3) is 0 Å². The Kier molecular flexibility index (Phi) is 10.6. The standard InChI is InChI=1S/C58H47N/c1-41-15-7-10-22-54(41)57-26-14-25-56(43(57)3)48-31-37-53(38-32-48)59(51-33-27-46(28-34-51)45-18-5-4-6-19-45)52-35-29-47(30-36-52)49-21-13-17-44(39-49)40-50-20-9-12-24-58(50)55-23-11-8-16-42(55)2/h4-39H,40H2,1-3H3. The summed E-state index contributed by atoms with van der Waals surface area (Å²) in [5.74, 6) is 0. The highest BCUT2D eigenvalue weighted by Gasteiger charge is 2.16. The van der Waals surface area contributed by atoms with Crippen LogP contribution in [0.4, 0.5) is 17.1 Å². The monoisotopic (exact) mass is 757 g/mol. The molecule has 59 heavy (non-hydrogen) atoms. The van der Waals surface area contributed by atoms with E-state index >= 15 is 0 Å². The van der Waals surface area contributed by atoms with E-state index < -0.39 is 0 Å². The fourth-order valence-electron chi connectivity index (χ4n) is 8.48. The Labute approximate surface area is 349 Å². The Bertz CT molecular complexity index is 2850. The highest BCUT2D eigenvalue weighted by molar-refractivity contribution is 5.83. The van der Waals surface area contributed by atoms with Crippen molar-refractivity contribution in [2.75, 3.05) is 4.90 Å². The van der Waals surface area contributed by atoms with Gasteiger partial charge in [-0.1, -0.05) is 182 Å². The largest absolute Gasteiger partial charge is 0.311 e. The molecule has 9 rings (SSSR count). The maximum atomic E-state index is 2.36. The maximum Gasteiger partial charge on any atom is 0.0462 e. The zero-order chi connectivity index (χ0) is 40.1. The molecule has 0 saturated heterocycles. The molecule has 0 radical (unpaired) electrons. The molecule has 0 bridgehead atoms. The first-order valence-electron chi connectivity index (χ1n) is 20.6. The molecule has 1 heteroatoms. The van der Waals surface area contributed by atoms with Gasteiger partial charge >= 0.3 is 0 Å². The van der Waals surface area contributed by atoms with Gasteiger partial charge in [0.05, 0.1) is 0 Å². The van der Waals surface area contributed by atoms with Crippen LogP contribution in [0.1, 0.15) is 27.8 Å². The van der Waals surface area contributed by atoms with Crippen LogP contribution < -0.4 is 4.90 Å². The van der Waals surface area contributed by atoms with Crippen LogP contribution in [0.2, 0.25) is 0 Å². The lowest BCUT2D eigenvalue weighted by Crippen LogP contribution is -2.09. The minimum Gasteiger partial charge on any atom is -0.311 e. The van der Waals surface area contributed by atoms with Crippen LogP contribution in [0.15, 0.2) is 218 Å². The molecule has 0 amide bonds. The molecule has 0 unspecified atom stereocenters. The summed E-state index contributed by atoms with van der Waals surface area (Å²) in [6, 6.07) is 79.4. The lowest BCUT2D eigenvalue weighted by Gasteiger charge is -2.26. The summed E-state index contributed by atoms with van der Waals surface area (Å²) in [7, 11) is 0. The van der Waals surface area contributed by atoms with Gasteiger partial charge in [-0.25, -0.2) is 0 Å². The van der Waals surface area contributed by atoms with E-state index in [4.69, 9.17) is 0 Å². The summed E-state index contributed by atoms with van der Waals surface area (Å²) < 4.78 is 0. The Hall–Kier alpha value is -7.22. The first-order valence-corrected chi connectivity index (χ1v) is 20.6. The lowest BCUT2D eigenvalue weighted by atomic mass is 9.91. The van der Waals surface area contributed by atoms with Gasteiger partial charge in [0.1, 0.15) is 0 Å². The fourth-order valence-corrected chi connectivity index (χ4v) is 8.48. The molecule has 0 aliphatic heterocycles. The topological polar surface area (TPSA) is 3.24 Å². The molecule has 0 N–H and O–H groups in total. The number of rotatable bonds is 10. The van der Waals surface area contributed by atoms with E-state index in [1.165, 1.54) is 83.5 Å². The average Bonchev–Trinajstić information content (AvgIpc) is 3.29. The maximum absolute atomic E-state index is 2.36. The molecule has 9 aromatic rings. The average molecular weight is 758 g/mol. The van der Waals surface area contributed by atoms with Crippen molar-refractivity contribution in [2.45, 2.75) is 27.2 Å². The predicted molar refractivity (Wildman–Crippen MR) is 252 cm³/mol. The van der Waals surface area contributed by atoms with Gasteiger partial charge in [-0.15, -0.1) is 0 Å². The molecular weight excluding hydrogens is 711 g/mol. The molecule has 0 saturated carbocycles. The summed E-state index contributed by atoms with van der Waals surface area (Å²) in [4.78, 5) is 2.36. The molecule has 0 atom stereocenters. The second-order valence-electron chi connectivity index (χ2n) is 15.5. The highest BCUT2D eigenvalue weighted by Crippen LogP contribution is 2.39. The summed E-state index contributed by atoms with van der Waals surface area (Å²) in [6.45, 7) is 6.63. The number of benzene rings is 9. The molecule has 9 aromatic carbocycles. The number of anilines is 3. The SMILES string of the molecule is Cc1ccccc1-c1ccccc1Cc1cccc(-c2ccc(N(c3ccc(-c4ccccc4)cc3)c3ccc(-c4cccc(-c5ccccc5C)c4C)cc3)cc2)c1. The van der Waals surface area contributed by atoms with Crippen LogP contribution in [-0.4, -0.2) is 0 Å². The zero-order valence-corrected chi connectivity index (χ0v) is 33.9. The van der Waals surface area contributed by atoms with Crippen LogP contribution in [0.25, 0.3) is 55.6 Å². The van der Waals surface area contributed by atoms with Gasteiger partial charge in [-0.05, 0) is 147 Å². The molecular formula is C58H47N. The van der Waals surface area contributed by atoms with Crippen molar-refractivity contribution in [1.82, 2.24) is 0 Å². The normalized spacial score (nSPS) is 11.0. The van der Waals surface area contributed by atoms with Crippen molar-refractivity contribution >= 4 is 17.1 Å². The third-order valence-corrected chi connectivity index (χ3v) is 11.7. The second kappa shape index (κ2) is 16.7. The van der Waals surface area contributed by atoms with Crippen molar-refractivity contribution in [3.8, 4) is 55.6 Å². The van der Waals surface area contributed by atoms with E-state index in [1.54, 1.807) is 0 Å². The predicted octanol–water partition coefficient (Wildman–Crippen LogP) is 16.0. The number of hydrogen-bond acceptors (Lipinski definition) is 1. The van der Waals surface area contributed by atoms with E-state index in [0.29, 0.717) is 0 Å². The van der Waals surface area contributed by atoms with E-state index in [-0.39, 0.29) is 0 Å². The summed E-state index contributed by atoms with van der Waals surface area (Å²) >= 11 is 0. The molecule has 0 aromatic heterocycles. The smallest absolute Gasteiger partial charge is 0.0462 e. The van der Waals surface area contributed by atoms with E-state index in [1.807, 2.05) is 0 Å². The third kappa shape index (κ3) is 7.89. The van der Waals surface area contributed by atoms with E-state index in [0.717, 1.165) is 23.5 Å². The van der Waals surface area contributed by atoms with Crippen LogP contribution >= 0.6 is 0 Å². The first-order chi connectivity index (χ1) is 29.0. The minimum absolute atomic E-state index is 0.870. The van der Waals surface area contributed by atoms with Crippen LogP contribution in [0, 0.1) is 20.8 Å². The Morgan fingerprint density at radius 1 is 0.305 bits per heavy atom.